The van der Waals surface area contributed by atoms with Gasteiger partial charge in [-0.3, -0.25) is 14.4 Å². The van der Waals surface area contributed by atoms with Crippen LogP contribution in [0.1, 0.15) is 6.92 Å². The number of carbonyl (C=O) groups is 1. The highest BCUT2D eigenvalue weighted by Crippen LogP contribution is 2.28. The number of aromatic nitrogens is 2. The maximum Gasteiger partial charge on any atom is 0.264 e. The molecule has 170 valence electrons. The molecule has 0 aliphatic rings. The normalized spacial score (nSPS) is 11.2. The summed E-state index contributed by atoms with van der Waals surface area (Å²) in [6.45, 7) is 1.93. The SMILES string of the molecule is CCOc1ccc(N(CC(=O)Nc2nnc(SC)s2)S(=O)(=O)c2ccc(SC)cc2)cc1. The number of nitrogens with one attached hydrogen (secondary N) is 1. The molecule has 3 rings (SSSR count). The van der Waals surface area contributed by atoms with E-state index in [1.54, 1.807) is 36.4 Å². The standard InChI is InChI=1S/C20H22N4O4S4/c1-4-28-15-7-5-14(6-8-15)24(13-18(25)21-19-22-23-20(30-3)31-19)32(26,27)17-11-9-16(29-2)10-12-17/h5-12H,4,13H2,1-3H3,(H,21,22,25). The average molecular weight is 511 g/mol. The molecule has 8 nitrogen and oxygen atoms in total. The van der Waals surface area contributed by atoms with Crippen LogP contribution in [0.15, 0.2) is 62.7 Å². The van der Waals surface area contributed by atoms with Gasteiger partial charge in [0, 0.05) is 4.90 Å². The quantitative estimate of drug-likeness (QED) is 0.320. The molecule has 1 amide bonds. The van der Waals surface area contributed by atoms with E-state index in [1.807, 2.05) is 19.4 Å². The number of ether oxygens (including phenoxy) is 1. The maximum absolute atomic E-state index is 13.5. The summed E-state index contributed by atoms with van der Waals surface area (Å²) >= 11 is 4.15. The third kappa shape index (κ3) is 5.94. The number of sulfonamides is 1. The third-order valence-corrected chi connectivity index (χ3v) is 8.54. The number of rotatable bonds is 10. The van der Waals surface area contributed by atoms with Gasteiger partial charge in [0.05, 0.1) is 17.2 Å². The Morgan fingerprint density at radius 3 is 2.31 bits per heavy atom. The van der Waals surface area contributed by atoms with Gasteiger partial charge in [-0.2, -0.15) is 0 Å². The molecule has 12 heteroatoms. The van der Waals surface area contributed by atoms with Gasteiger partial charge in [0.2, 0.25) is 11.0 Å². The summed E-state index contributed by atoms with van der Waals surface area (Å²) in [6, 6.07) is 13.1. The Morgan fingerprint density at radius 1 is 1.06 bits per heavy atom. The number of carbonyl (C=O) groups excluding carboxylic acids is 1. The number of hydrogen-bond acceptors (Lipinski definition) is 9. The second-order valence-electron chi connectivity index (χ2n) is 6.24. The fourth-order valence-electron chi connectivity index (χ4n) is 2.70. The molecule has 0 saturated heterocycles. The molecular formula is C20H22N4O4S4. The van der Waals surface area contributed by atoms with Crippen molar-refractivity contribution in [1.82, 2.24) is 10.2 Å². The molecule has 3 aromatic rings. The molecule has 0 atom stereocenters. The van der Waals surface area contributed by atoms with Crippen LogP contribution in [0, 0.1) is 0 Å². The van der Waals surface area contributed by atoms with Gasteiger partial charge < -0.3 is 4.74 Å². The van der Waals surface area contributed by atoms with Crippen LogP contribution in [0.5, 0.6) is 5.75 Å². The van der Waals surface area contributed by atoms with Crippen molar-refractivity contribution in [2.75, 3.05) is 35.3 Å². The number of nitrogens with zero attached hydrogens (tertiary/aromatic N) is 3. The molecule has 1 aromatic heterocycles. The Kier molecular flexibility index (Phi) is 8.40. The van der Waals surface area contributed by atoms with Crippen molar-refractivity contribution in [2.24, 2.45) is 0 Å². The van der Waals surface area contributed by atoms with E-state index < -0.39 is 22.5 Å². The van der Waals surface area contributed by atoms with Crippen molar-refractivity contribution in [2.45, 2.75) is 21.1 Å². The van der Waals surface area contributed by atoms with Crippen molar-refractivity contribution >= 4 is 61.6 Å². The van der Waals surface area contributed by atoms with Crippen LogP contribution in [0.4, 0.5) is 10.8 Å². The van der Waals surface area contributed by atoms with Crippen molar-refractivity contribution < 1.29 is 17.9 Å². The predicted molar refractivity (Wildman–Crippen MR) is 131 cm³/mol. The highest BCUT2D eigenvalue weighted by Gasteiger charge is 2.27. The fourth-order valence-corrected chi connectivity index (χ4v) is 5.71. The summed E-state index contributed by atoms with van der Waals surface area (Å²) in [5.41, 5.74) is 0.347. The van der Waals surface area contributed by atoms with Gasteiger partial charge in [-0.15, -0.1) is 22.0 Å². The minimum atomic E-state index is -4.01. The molecule has 0 fully saturated rings. The van der Waals surface area contributed by atoms with Gasteiger partial charge in [0.25, 0.3) is 10.0 Å². The Balaban J connectivity index is 1.91. The molecule has 0 unspecified atom stereocenters. The number of thioether (sulfide) groups is 2. The second-order valence-corrected chi connectivity index (χ2v) is 11.0. The van der Waals surface area contributed by atoms with E-state index in [-0.39, 0.29) is 4.90 Å². The Hall–Kier alpha value is -2.28. The zero-order valence-corrected chi connectivity index (χ0v) is 20.9. The van der Waals surface area contributed by atoms with Gasteiger partial charge in [0.15, 0.2) is 4.34 Å². The Bertz CT molecular complexity index is 1150. The van der Waals surface area contributed by atoms with Gasteiger partial charge in [-0.25, -0.2) is 8.42 Å². The number of benzene rings is 2. The van der Waals surface area contributed by atoms with E-state index in [4.69, 9.17) is 4.74 Å². The van der Waals surface area contributed by atoms with Gasteiger partial charge >= 0.3 is 0 Å². The van der Waals surface area contributed by atoms with E-state index >= 15 is 0 Å². The monoisotopic (exact) mass is 510 g/mol. The number of hydrogen-bond donors (Lipinski definition) is 1. The first-order valence-electron chi connectivity index (χ1n) is 9.44. The van der Waals surface area contributed by atoms with Crippen molar-refractivity contribution in [1.29, 1.82) is 0 Å². The van der Waals surface area contributed by atoms with E-state index in [2.05, 4.69) is 15.5 Å². The lowest BCUT2D eigenvalue weighted by molar-refractivity contribution is -0.114. The molecule has 2 aromatic carbocycles. The molecule has 1 heterocycles. The van der Waals surface area contributed by atoms with Gasteiger partial charge in [-0.1, -0.05) is 23.1 Å². The lowest BCUT2D eigenvalue weighted by Gasteiger charge is -2.24. The molecule has 0 saturated carbocycles. The van der Waals surface area contributed by atoms with Gasteiger partial charge in [0.1, 0.15) is 12.3 Å². The molecular weight excluding hydrogens is 489 g/mol. The van der Waals surface area contributed by atoms with Crippen LogP contribution in [-0.4, -0.2) is 50.2 Å². The number of anilines is 2. The van der Waals surface area contributed by atoms with E-state index in [1.165, 1.54) is 47.0 Å². The summed E-state index contributed by atoms with van der Waals surface area (Å²) < 4.78 is 34.1. The molecule has 1 N–H and O–H groups in total. The van der Waals surface area contributed by atoms with Crippen LogP contribution in [0.25, 0.3) is 0 Å². The van der Waals surface area contributed by atoms with E-state index in [0.717, 1.165) is 9.20 Å². The second kappa shape index (κ2) is 11.0. The van der Waals surface area contributed by atoms with Crippen molar-refractivity contribution in [3.05, 3.63) is 48.5 Å². The minimum Gasteiger partial charge on any atom is -0.494 e. The van der Waals surface area contributed by atoms with E-state index in [0.29, 0.717) is 27.5 Å². The Labute approximate surface area is 199 Å². The first kappa shape index (κ1) is 24.4. The maximum atomic E-state index is 13.5. The molecule has 0 spiro atoms. The first-order chi connectivity index (χ1) is 15.4. The van der Waals surface area contributed by atoms with Crippen molar-refractivity contribution in [3.63, 3.8) is 0 Å². The lowest BCUT2D eigenvalue weighted by Crippen LogP contribution is -2.38. The molecule has 0 radical (unpaired) electrons. The summed E-state index contributed by atoms with van der Waals surface area (Å²) in [5, 5.41) is 10.8. The third-order valence-electron chi connectivity index (χ3n) is 4.20. The highest BCUT2D eigenvalue weighted by atomic mass is 32.2. The van der Waals surface area contributed by atoms with E-state index in [9.17, 15) is 13.2 Å². The molecule has 0 aliphatic heterocycles. The zero-order valence-electron chi connectivity index (χ0n) is 17.6. The van der Waals surface area contributed by atoms with Crippen LogP contribution >= 0.6 is 34.9 Å². The molecule has 0 aliphatic carbocycles. The molecule has 32 heavy (non-hydrogen) atoms. The smallest absolute Gasteiger partial charge is 0.264 e. The molecule has 0 bridgehead atoms. The van der Waals surface area contributed by atoms with Gasteiger partial charge in [-0.05, 0) is 68.0 Å². The summed E-state index contributed by atoms with van der Waals surface area (Å²) in [4.78, 5) is 13.8. The largest absolute Gasteiger partial charge is 0.494 e. The first-order valence-corrected chi connectivity index (χ1v) is 14.1. The topological polar surface area (TPSA) is 101 Å². The lowest BCUT2D eigenvalue weighted by atomic mass is 10.3. The fraction of sp³-hybridized carbons (Fsp3) is 0.250. The summed E-state index contributed by atoms with van der Waals surface area (Å²) in [5.74, 6) is 0.0906. The summed E-state index contributed by atoms with van der Waals surface area (Å²) in [7, 11) is -4.01. The van der Waals surface area contributed by atoms with Crippen molar-refractivity contribution in [3.8, 4) is 5.75 Å². The Morgan fingerprint density at radius 2 is 1.75 bits per heavy atom. The van der Waals surface area contributed by atoms with Crippen LogP contribution in [-0.2, 0) is 14.8 Å². The minimum absolute atomic E-state index is 0.0950. The average Bonchev–Trinajstić information content (AvgIpc) is 3.25. The highest BCUT2D eigenvalue weighted by molar-refractivity contribution is 8.00. The number of amides is 1. The zero-order chi connectivity index (χ0) is 23.1. The van der Waals surface area contributed by atoms with Crippen LogP contribution < -0.4 is 14.4 Å². The van der Waals surface area contributed by atoms with Crippen LogP contribution in [0.3, 0.4) is 0 Å². The summed E-state index contributed by atoms with van der Waals surface area (Å²) in [6.07, 6.45) is 3.77. The van der Waals surface area contributed by atoms with Crippen LogP contribution in [0.2, 0.25) is 0 Å². The predicted octanol–water partition coefficient (Wildman–Crippen LogP) is 4.21.